The lowest BCUT2D eigenvalue weighted by atomic mass is 9.85. The predicted octanol–water partition coefficient (Wildman–Crippen LogP) is -5.57. The van der Waals surface area contributed by atoms with Gasteiger partial charge in [0.25, 0.3) is 0 Å². The summed E-state index contributed by atoms with van der Waals surface area (Å²) in [5.74, 6) is -14.7. The van der Waals surface area contributed by atoms with E-state index in [0.717, 1.165) is 0 Å². The third kappa shape index (κ3) is 36.6. The number of amides is 16. The molecule has 0 unspecified atom stereocenters. The highest BCUT2D eigenvalue weighted by Gasteiger charge is 2.41. The number of carbonyl (C=O) groups is 16. The molecule has 0 aromatic heterocycles. The van der Waals surface area contributed by atoms with Gasteiger partial charge in [-0.05, 0) is 132 Å². The Hall–Kier alpha value is -10.0. The Morgan fingerprint density at radius 2 is 0.894 bits per heavy atom. The van der Waals surface area contributed by atoms with E-state index in [2.05, 4.69) is 79.1 Å². The molecule has 1 heterocycles. The van der Waals surface area contributed by atoms with Crippen molar-refractivity contribution in [3.63, 3.8) is 0 Å². The molecular formula is C73H131N23O17. The van der Waals surface area contributed by atoms with Gasteiger partial charge in [0.05, 0.1) is 25.7 Å². The van der Waals surface area contributed by atoms with Crippen LogP contribution in [0.3, 0.4) is 0 Å². The first-order valence-corrected chi connectivity index (χ1v) is 39.1. The highest BCUT2D eigenvalue weighted by atomic mass is 16.3. The van der Waals surface area contributed by atoms with E-state index in [0.29, 0.717) is 32.1 Å². The molecule has 0 aromatic rings. The van der Waals surface area contributed by atoms with Crippen LogP contribution in [0.4, 0.5) is 0 Å². The Bertz CT molecular complexity index is 3280. The summed E-state index contributed by atoms with van der Waals surface area (Å²) in [5.41, 5.74) is 38.9. The highest BCUT2D eigenvalue weighted by molar-refractivity contribution is 5.99. The van der Waals surface area contributed by atoms with Crippen LogP contribution in [0.2, 0.25) is 0 Å². The van der Waals surface area contributed by atoms with E-state index in [1.165, 1.54) is 11.8 Å². The average Bonchev–Trinajstić information content (AvgIpc) is 1.70. The number of hydrogen-bond acceptors (Lipinski definition) is 20. The van der Waals surface area contributed by atoms with Crippen molar-refractivity contribution in [1.82, 2.24) is 74.0 Å². The Labute approximate surface area is 661 Å². The number of nitrogens with one attached hydrogen (secondary N) is 13. The van der Waals surface area contributed by atoms with E-state index in [1.807, 2.05) is 27.7 Å². The first-order valence-electron chi connectivity index (χ1n) is 39.1. The molecule has 113 heavy (non-hydrogen) atoms. The highest BCUT2D eigenvalue weighted by Crippen LogP contribution is 2.26. The largest absolute Gasteiger partial charge is 0.394 e. The lowest BCUT2D eigenvalue weighted by molar-refractivity contribution is -0.142. The van der Waals surface area contributed by atoms with Crippen LogP contribution >= 0.6 is 0 Å². The number of guanidine groups is 2. The summed E-state index contributed by atoms with van der Waals surface area (Å²) in [6, 6.07) is -15.1. The summed E-state index contributed by atoms with van der Waals surface area (Å²) >= 11 is 0. The molecule has 640 valence electrons. The Kier molecular flexibility index (Phi) is 44.0. The molecule has 16 amide bonds. The summed E-state index contributed by atoms with van der Waals surface area (Å²) in [6.07, 6.45) is 2.55. The first kappa shape index (κ1) is 99.1. The van der Waals surface area contributed by atoms with E-state index in [1.54, 1.807) is 55.4 Å². The molecule has 28 N–H and O–H groups in total. The smallest absolute Gasteiger partial charge is 0.245 e. The van der Waals surface area contributed by atoms with Crippen molar-refractivity contribution >= 4 is 106 Å². The molecule has 0 radical (unpaired) electrons. The lowest BCUT2D eigenvalue weighted by Crippen LogP contribution is -2.61. The fourth-order valence-electron chi connectivity index (χ4n) is 12.7. The standard InChI is InChI=1S/C73H131N23O17/c1-14-41(12)58(59(76)101)93-55(100)34-84-63(105)51(35-97)92-70(112)57(40(10)11)94-67(109)50(32-38(6)7)91-65(107)47(25-26-53(75)98)88-64(106)46(19-16-28-82-73(79)80)87-60(102)43-21-23-44(24-22-43)86-69(111)56(39(8)9)95-68(110)52-20-17-29-96(52)71(113)42(13)85-54(99)33-83-62(104)48(30-36(2)3)90-66(108)49(31-37(4)5)89-61(103)45(74)18-15-27-81-72(77)78/h36-52,56-58,97H,14-35,74H2,1-13H3,(H2,75,98)(H2,76,101)(H,83,104)(H,84,105)(H,85,99)(H,86,111)(H,87,102)(H,88,106)(H,89,103)(H,90,108)(H,91,107)(H,92,112)(H,93,100)(H,94,109)(H,95,110)(H4,77,78,81)(H4,79,80,82)/t41-,42-,43?,44?,45-,46-,47-,48-,49-,50-,51-,52-,56-,57-,58-/m0/s1. The monoisotopic (exact) mass is 1600 g/mol. The second kappa shape index (κ2) is 50.2. The van der Waals surface area contributed by atoms with Gasteiger partial charge in [0.2, 0.25) is 94.5 Å². The molecule has 0 bridgehead atoms. The van der Waals surface area contributed by atoms with E-state index >= 15 is 0 Å². The van der Waals surface area contributed by atoms with Crippen LogP contribution in [0.5, 0.6) is 0 Å². The number of rotatable bonds is 50. The van der Waals surface area contributed by atoms with Gasteiger partial charge in [-0.2, -0.15) is 0 Å². The number of primary amides is 2. The number of nitrogens with zero attached hydrogens (tertiary/aromatic N) is 3. The fourth-order valence-corrected chi connectivity index (χ4v) is 12.7. The van der Waals surface area contributed by atoms with Crippen LogP contribution in [0.1, 0.15) is 193 Å². The third-order valence-corrected chi connectivity index (χ3v) is 19.2. The average molecular weight is 1600 g/mol. The van der Waals surface area contributed by atoms with Crippen LogP contribution in [0, 0.1) is 41.4 Å². The molecule has 1 saturated carbocycles. The minimum absolute atomic E-state index is 0.0195. The number of hydrogen-bond donors (Lipinski definition) is 21. The van der Waals surface area contributed by atoms with Crippen LogP contribution < -0.4 is 109 Å². The molecule has 13 atom stereocenters. The SMILES string of the molecule is CC[C@H](C)[C@H](NC(=O)CNC(=O)[C@H](CO)NC(=O)[C@@H](NC(=O)[C@H](CC(C)C)NC(=O)[C@H](CCC(N)=O)NC(=O)[C@H](CCCN=C(N)N)NC(=O)C1CCC(NC(=O)[C@@H](NC(=O)[C@@H]2CCCN2C(=O)[C@H](C)NC(=O)CNC(=O)[C@H](CC(C)C)NC(=O)[C@H](CC(C)C)NC(=O)[C@@H](N)CCCN=C(N)N)C(C)C)CC1)C(C)C)C(N)=O. The molecular weight excluding hydrogens is 1470 g/mol. The van der Waals surface area contributed by atoms with Gasteiger partial charge in [0.15, 0.2) is 11.9 Å². The van der Waals surface area contributed by atoms with Crippen LogP contribution in [0.25, 0.3) is 0 Å². The molecule has 2 aliphatic rings. The number of aliphatic imine (C=N–C) groups is 2. The normalized spacial score (nSPS) is 17.9. The summed E-state index contributed by atoms with van der Waals surface area (Å²) < 4.78 is 0. The van der Waals surface area contributed by atoms with Gasteiger partial charge < -0.3 is 119 Å². The third-order valence-electron chi connectivity index (χ3n) is 19.2. The maximum atomic E-state index is 14.4. The molecule has 0 spiro atoms. The van der Waals surface area contributed by atoms with E-state index < -0.39 is 217 Å². The van der Waals surface area contributed by atoms with Crippen molar-refractivity contribution < 1.29 is 81.8 Å². The van der Waals surface area contributed by atoms with Gasteiger partial charge in [-0.3, -0.25) is 86.7 Å². The van der Waals surface area contributed by atoms with E-state index in [-0.39, 0.29) is 119 Å². The van der Waals surface area contributed by atoms with E-state index in [4.69, 9.17) is 40.1 Å². The molecule has 40 nitrogen and oxygen atoms in total. The van der Waals surface area contributed by atoms with Crippen LogP contribution in [-0.4, -0.2) is 234 Å². The van der Waals surface area contributed by atoms with Gasteiger partial charge in [-0.1, -0.05) is 89.5 Å². The van der Waals surface area contributed by atoms with Gasteiger partial charge >= 0.3 is 0 Å². The van der Waals surface area contributed by atoms with Crippen molar-refractivity contribution in [3.8, 4) is 0 Å². The van der Waals surface area contributed by atoms with Gasteiger partial charge in [-0.15, -0.1) is 0 Å². The molecule has 2 rings (SSSR count). The summed E-state index contributed by atoms with van der Waals surface area (Å²) in [4.78, 5) is 226. The molecule has 2 fully saturated rings. The van der Waals surface area contributed by atoms with Crippen molar-refractivity contribution in [2.24, 2.45) is 91.5 Å². The van der Waals surface area contributed by atoms with Gasteiger partial charge in [-0.25, -0.2) is 0 Å². The summed E-state index contributed by atoms with van der Waals surface area (Å²) in [7, 11) is 0. The second-order valence-electron chi connectivity index (χ2n) is 31.2. The zero-order valence-corrected chi connectivity index (χ0v) is 68.0. The second-order valence-corrected chi connectivity index (χ2v) is 31.2. The van der Waals surface area contributed by atoms with Crippen LogP contribution in [0.15, 0.2) is 9.98 Å². The van der Waals surface area contributed by atoms with Gasteiger partial charge in [0, 0.05) is 38.0 Å². The molecule has 1 aliphatic carbocycles. The van der Waals surface area contributed by atoms with E-state index in [9.17, 15) is 81.8 Å². The summed E-state index contributed by atoms with van der Waals surface area (Å²) in [6.45, 7) is 20.7. The molecule has 1 saturated heterocycles. The summed E-state index contributed by atoms with van der Waals surface area (Å²) in [5, 5.41) is 44.2. The number of nitrogens with two attached hydrogens (primary N) is 7. The first-order chi connectivity index (χ1) is 52.9. The Morgan fingerprint density at radius 3 is 1.37 bits per heavy atom. The quantitative estimate of drug-likeness (QED) is 0.0153. The van der Waals surface area contributed by atoms with Crippen LogP contribution in [-0.2, 0) is 76.7 Å². The van der Waals surface area contributed by atoms with Gasteiger partial charge in [0.1, 0.15) is 66.5 Å². The zero-order valence-electron chi connectivity index (χ0n) is 68.0. The number of aliphatic hydroxyl groups excluding tert-OH is 1. The van der Waals surface area contributed by atoms with Crippen molar-refractivity contribution in [3.05, 3.63) is 0 Å². The minimum atomic E-state index is -1.61. The maximum Gasteiger partial charge on any atom is 0.245 e. The number of likely N-dealkylation sites (tertiary alicyclic amines) is 1. The Morgan fingerprint density at radius 1 is 0.451 bits per heavy atom. The topological polar surface area (TPSA) is 660 Å². The maximum absolute atomic E-state index is 14.4. The Balaban J connectivity index is 2.18. The number of aliphatic hydroxyl groups is 1. The minimum Gasteiger partial charge on any atom is -0.394 e. The molecule has 1 aliphatic heterocycles. The zero-order chi connectivity index (χ0) is 85.7. The molecule has 0 aromatic carbocycles. The molecule has 40 heteroatoms. The fraction of sp³-hybridized carbons (Fsp3) is 0.753. The predicted molar refractivity (Wildman–Crippen MR) is 420 cm³/mol. The van der Waals surface area contributed by atoms with Crippen molar-refractivity contribution in [1.29, 1.82) is 0 Å². The lowest BCUT2D eigenvalue weighted by Gasteiger charge is -2.32. The number of carbonyl (C=O) groups excluding carboxylic acids is 16. The van der Waals surface area contributed by atoms with Crippen molar-refractivity contribution in [2.75, 3.05) is 39.3 Å². The van der Waals surface area contributed by atoms with Crippen molar-refractivity contribution in [2.45, 2.75) is 271 Å².